The number of ether oxygens (including phenoxy) is 3. The molecule has 2 aromatic rings. The third kappa shape index (κ3) is 2.66. The monoisotopic (exact) mass is 370 g/mol. The van der Waals surface area contributed by atoms with Crippen LogP contribution in [0.4, 0.5) is 0 Å². The van der Waals surface area contributed by atoms with E-state index in [4.69, 9.17) is 37.4 Å². The Labute approximate surface area is 146 Å². The second-order valence-corrected chi connectivity index (χ2v) is 7.02. The number of carbonyl (C=O) groups excluding carboxylic acids is 1. The highest BCUT2D eigenvalue weighted by atomic mass is 35.5. The predicted molar refractivity (Wildman–Crippen MR) is 88.0 cm³/mol. The Morgan fingerprint density at radius 3 is 2.70 bits per heavy atom. The average Bonchev–Trinajstić information content (AvgIpc) is 3.30. The Kier molecular flexibility index (Phi) is 4.07. The summed E-state index contributed by atoms with van der Waals surface area (Å²) >= 11 is 14.0. The lowest BCUT2D eigenvalue weighted by Crippen LogP contribution is -2.30. The van der Waals surface area contributed by atoms with Gasteiger partial charge in [-0.25, -0.2) is 0 Å². The number of rotatable bonds is 3. The van der Waals surface area contributed by atoms with Crippen LogP contribution < -0.4 is 4.74 Å². The van der Waals surface area contributed by atoms with E-state index in [2.05, 4.69) is 0 Å². The average molecular weight is 371 g/mol. The maximum atomic E-state index is 12.6. The second-order valence-electron chi connectivity index (χ2n) is 5.32. The molecule has 0 saturated carbocycles. The van der Waals surface area contributed by atoms with Gasteiger partial charge in [0, 0.05) is 17.5 Å². The molecule has 4 nitrogen and oxygen atoms in total. The Morgan fingerprint density at radius 2 is 2.00 bits per heavy atom. The lowest BCUT2D eigenvalue weighted by molar-refractivity contribution is -0.104. The highest BCUT2D eigenvalue weighted by molar-refractivity contribution is 7.12. The lowest BCUT2D eigenvalue weighted by Gasteiger charge is -2.16. The third-order valence-corrected chi connectivity index (χ3v) is 5.59. The fraction of sp³-hybridized carbons (Fsp3) is 0.312. The summed E-state index contributed by atoms with van der Waals surface area (Å²) in [6.45, 7) is 1.11. The molecule has 7 heteroatoms. The molecular weight excluding hydrogens is 359 g/mol. The lowest BCUT2D eigenvalue weighted by atomic mass is 10.0. The van der Waals surface area contributed by atoms with E-state index >= 15 is 0 Å². The molecule has 0 spiro atoms. The summed E-state index contributed by atoms with van der Waals surface area (Å²) in [6.07, 6.45) is -0.108. The van der Waals surface area contributed by atoms with Gasteiger partial charge in [0.25, 0.3) is 0 Å². The number of benzene rings is 1. The molecule has 0 radical (unpaired) electrons. The summed E-state index contributed by atoms with van der Waals surface area (Å²) in [5.74, 6) is 0.384. The molecule has 4 rings (SSSR count). The predicted octanol–water partition coefficient (Wildman–Crippen LogP) is 3.96. The van der Waals surface area contributed by atoms with Crippen LogP contribution in [-0.4, -0.2) is 31.4 Å². The van der Waals surface area contributed by atoms with Gasteiger partial charge in [0.05, 0.1) is 23.1 Å². The van der Waals surface area contributed by atoms with Crippen LogP contribution in [0.25, 0.3) is 0 Å². The maximum absolute atomic E-state index is 12.6. The summed E-state index contributed by atoms with van der Waals surface area (Å²) in [5.41, 5.74) is 1.25. The molecule has 3 heterocycles. The standard InChI is InChI=1S/C16H12Cl2O4S/c17-12-9(14(19)11-2-1-5-23-11)6-8-7-10(16-20-3-4-21-16)22-15(8)13(12)18/h1-2,5-6,10,16H,3-4,7H2. The number of fused-ring (bicyclic) bond motifs is 1. The van der Waals surface area contributed by atoms with Gasteiger partial charge in [-0.3, -0.25) is 4.79 Å². The Bertz CT molecular complexity index is 754. The van der Waals surface area contributed by atoms with E-state index in [0.29, 0.717) is 35.8 Å². The molecule has 0 N–H and O–H groups in total. The SMILES string of the molecule is O=C(c1cccs1)c1cc2c(c(Cl)c1Cl)OC(C1OCCO1)C2. The Hall–Kier alpha value is -1.11. The van der Waals surface area contributed by atoms with E-state index in [1.54, 1.807) is 12.1 Å². The van der Waals surface area contributed by atoms with Gasteiger partial charge in [-0.05, 0) is 17.5 Å². The molecule has 2 aliphatic rings. The van der Waals surface area contributed by atoms with Crippen LogP contribution in [0.5, 0.6) is 5.75 Å². The van der Waals surface area contributed by atoms with Crippen LogP contribution in [-0.2, 0) is 15.9 Å². The van der Waals surface area contributed by atoms with Crippen molar-refractivity contribution in [2.75, 3.05) is 13.2 Å². The van der Waals surface area contributed by atoms with Gasteiger partial charge in [-0.15, -0.1) is 11.3 Å². The van der Waals surface area contributed by atoms with E-state index in [1.165, 1.54) is 11.3 Å². The van der Waals surface area contributed by atoms with Crippen molar-refractivity contribution >= 4 is 40.3 Å². The molecule has 1 unspecified atom stereocenters. The van der Waals surface area contributed by atoms with Crippen molar-refractivity contribution < 1.29 is 19.0 Å². The maximum Gasteiger partial charge on any atom is 0.204 e. The molecule has 23 heavy (non-hydrogen) atoms. The smallest absolute Gasteiger partial charge is 0.204 e. The summed E-state index contributed by atoms with van der Waals surface area (Å²) in [5, 5.41) is 2.34. The van der Waals surface area contributed by atoms with Gasteiger partial charge in [0.15, 0.2) is 12.4 Å². The van der Waals surface area contributed by atoms with Crippen LogP contribution in [0.15, 0.2) is 23.6 Å². The Balaban J connectivity index is 1.69. The van der Waals surface area contributed by atoms with Crippen LogP contribution >= 0.6 is 34.5 Å². The fourth-order valence-corrected chi connectivity index (χ4v) is 3.97. The normalized spacial score (nSPS) is 20.5. The van der Waals surface area contributed by atoms with Crippen molar-refractivity contribution in [3.63, 3.8) is 0 Å². The summed E-state index contributed by atoms with van der Waals surface area (Å²) < 4.78 is 16.8. The zero-order valence-electron chi connectivity index (χ0n) is 11.9. The number of halogens is 2. The summed E-state index contributed by atoms with van der Waals surface area (Å²) in [6, 6.07) is 5.36. The number of ketones is 1. The van der Waals surface area contributed by atoms with E-state index in [0.717, 1.165) is 5.56 Å². The highest BCUT2D eigenvalue weighted by Gasteiger charge is 2.37. The molecule has 1 aromatic heterocycles. The first-order chi connectivity index (χ1) is 11.1. The van der Waals surface area contributed by atoms with Crippen molar-refractivity contribution in [3.05, 3.63) is 49.6 Å². The largest absolute Gasteiger partial charge is 0.483 e. The minimum Gasteiger partial charge on any atom is -0.483 e. The number of hydrogen-bond donors (Lipinski definition) is 0. The molecule has 2 aliphatic heterocycles. The quantitative estimate of drug-likeness (QED) is 0.767. The first-order valence-electron chi connectivity index (χ1n) is 7.14. The first-order valence-corrected chi connectivity index (χ1v) is 8.77. The van der Waals surface area contributed by atoms with Gasteiger partial charge < -0.3 is 14.2 Å². The zero-order valence-corrected chi connectivity index (χ0v) is 14.2. The first kappa shape index (κ1) is 15.4. The van der Waals surface area contributed by atoms with Crippen molar-refractivity contribution in [1.82, 2.24) is 0 Å². The molecule has 0 aliphatic carbocycles. The Morgan fingerprint density at radius 1 is 1.22 bits per heavy atom. The zero-order chi connectivity index (χ0) is 16.0. The van der Waals surface area contributed by atoms with Crippen LogP contribution in [0.2, 0.25) is 10.0 Å². The molecule has 1 fully saturated rings. The van der Waals surface area contributed by atoms with E-state index in [1.807, 2.05) is 11.4 Å². The molecule has 120 valence electrons. The van der Waals surface area contributed by atoms with Gasteiger partial charge >= 0.3 is 0 Å². The summed E-state index contributed by atoms with van der Waals surface area (Å²) in [7, 11) is 0. The molecule has 1 saturated heterocycles. The molecule has 1 aromatic carbocycles. The third-order valence-electron chi connectivity index (χ3n) is 3.87. The van der Waals surface area contributed by atoms with Gasteiger partial charge in [0.1, 0.15) is 10.8 Å². The molecule has 1 atom stereocenters. The van der Waals surface area contributed by atoms with Gasteiger partial charge in [-0.2, -0.15) is 0 Å². The van der Waals surface area contributed by atoms with Crippen molar-refractivity contribution in [3.8, 4) is 5.75 Å². The van der Waals surface area contributed by atoms with Crippen LogP contribution in [0.3, 0.4) is 0 Å². The number of hydrogen-bond acceptors (Lipinski definition) is 5. The minimum atomic E-state index is -0.409. The number of thiophene rings is 1. The molecule has 0 amide bonds. The molecular formula is C16H12Cl2O4S. The van der Waals surface area contributed by atoms with Gasteiger partial charge in [0.2, 0.25) is 5.78 Å². The van der Waals surface area contributed by atoms with Crippen molar-refractivity contribution in [2.24, 2.45) is 0 Å². The van der Waals surface area contributed by atoms with Crippen LogP contribution in [0.1, 0.15) is 20.8 Å². The topological polar surface area (TPSA) is 44.8 Å². The van der Waals surface area contributed by atoms with Gasteiger partial charge in [-0.1, -0.05) is 29.3 Å². The summed E-state index contributed by atoms with van der Waals surface area (Å²) in [4.78, 5) is 13.2. The van der Waals surface area contributed by atoms with E-state index < -0.39 is 6.29 Å². The highest BCUT2D eigenvalue weighted by Crippen LogP contribution is 2.44. The van der Waals surface area contributed by atoms with Crippen molar-refractivity contribution in [1.29, 1.82) is 0 Å². The fourth-order valence-electron chi connectivity index (χ4n) is 2.80. The second kappa shape index (κ2) is 6.07. The minimum absolute atomic E-state index is 0.133. The van der Waals surface area contributed by atoms with E-state index in [-0.39, 0.29) is 21.9 Å². The molecule has 0 bridgehead atoms. The van der Waals surface area contributed by atoms with Crippen LogP contribution in [0, 0.1) is 0 Å². The van der Waals surface area contributed by atoms with E-state index in [9.17, 15) is 4.79 Å². The van der Waals surface area contributed by atoms with Crippen molar-refractivity contribution in [2.45, 2.75) is 18.8 Å². The number of carbonyl (C=O) groups is 1.